The Kier molecular flexibility index (Phi) is 4.91. The molecule has 0 saturated heterocycles. The zero-order chi connectivity index (χ0) is 17.8. The minimum absolute atomic E-state index is 0.836. The first-order valence-corrected chi connectivity index (χ1v) is 9.30. The summed E-state index contributed by atoms with van der Waals surface area (Å²) >= 11 is 1.68. The Morgan fingerprint density at radius 1 is 1.00 bits per heavy atom. The second kappa shape index (κ2) is 7.64. The summed E-state index contributed by atoms with van der Waals surface area (Å²) in [5.74, 6) is 0. The van der Waals surface area contributed by atoms with Gasteiger partial charge in [-0.05, 0) is 61.0 Å². The molecule has 4 rings (SSSR count). The zero-order valence-corrected chi connectivity index (χ0v) is 15.3. The van der Waals surface area contributed by atoms with Gasteiger partial charge in [0.25, 0.3) is 0 Å². The van der Waals surface area contributed by atoms with Gasteiger partial charge in [0.2, 0.25) is 0 Å². The minimum atomic E-state index is 0.836. The molecule has 2 N–H and O–H groups in total. The van der Waals surface area contributed by atoms with Gasteiger partial charge in [-0.1, -0.05) is 24.3 Å². The molecule has 2 aromatic carbocycles. The number of para-hydroxylation sites is 1. The molecule has 0 spiro atoms. The average Bonchev–Trinajstić information content (AvgIpc) is 3.01. The van der Waals surface area contributed by atoms with Crippen LogP contribution < -0.4 is 10.6 Å². The predicted octanol–water partition coefficient (Wildman–Crippen LogP) is 5.05. The molecule has 0 unspecified atom stereocenters. The van der Waals surface area contributed by atoms with E-state index < -0.39 is 0 Å². The first kappa shape index (κ1) is 16.7. The number of pyridine rings is 1. The zero-order valence-electron chi connectivity index (χ0n) is 14.5. The largest absolute Gasteiger partial charge is 0.355 e. The van der Waals surface area contributed by atoms with Crippen molar-refractivity contribution >= 4 is 34.2 Å². The van der Waals surface area contributed by atoms with E-state index in [9.17, 15) is 0 Å². The number of hydrogen-bond acceptors (Lipinski definition) is 4. The van der Waals surface area contributed by atoms with E-state index >= 15 is 0 Å². The minimum Gasteiger partial charge on any atom is -0.355 e. The van der Waals surface area contributed by atoms with Crippen LogP contribution in [0.5, 0.6) is 0 Å². The molecule has 0 aliphatic heterocycles. The molecular formula is C21H20N4S. The van der Waals surface area contributed by atoms with E-state index in [2.05, 4.69) is 62.2 Å². The lowest BCUT2D eigenvalue weighted by atomic mass is 10.1. The smallest absolute Gasteiger partial charge is 0.0618 e. The van der Waals surface area contributed by atoms with Gasteiger partial charge in [0, 0.05) is 46.8 Å². The Morgan fingerprint density at radius 3 is 2.65 bits per heavy atom. The highest BCUT2D eigenvalue weighted by Crippen LogP contribution is 2.31. The SMILES string of the molecule is CNCc1cn(Sc2cccnc2)c2cc(Nc3ccccc3)ccc12. The fraction of sp³-hybridized carbons (Fsp3) is 0.0952. The van der Waals surface area contributed by atoms with Crippen LogP contribution in [-0.2, 0) is 6.54 Å². The molecule has 0 saturated carbocycles. The summed E-state index contributed by atoms with van der Waals surface area (Å²) in [6.45, 7) is 0.836. The molecule has 26 heavy (non-hydrogen) atoms. The van der Waals surface area contributed by atoms with E-state index in [1.807, 2.05) is 37.5 Å². The van der Waals surface area contributed by atoms with Gasteiger partial charge in [-0.2, -0.15) is 0 Å². The summed E-state index contributed by atoms with van der Waals surface area (Å²) in [5.41, 5.74) is 4.63. The first-order valence-electron chi connectivity index (χ1n) is 8.52. The number of anilines is 2. The number of rotatable bonds is 6. The molecule has 2 aromatic heterocycles. The van der Waals surface area contributed by atoms with Crippen LogP contribution in [0.4, 0.5) is 11.4 Å². The molecule has 0 bridgehead atoms. The fourth-order valence-corrected chi connectivity index (χ4v) is 3.86. The highest BCUT2D eigenvalue weighted by molar-refractivity contribution is 7.98. The van der Waals surface area contributed by atoms with Gasteiger partial charge >= 0.3 is 0 Å². The van der Waals surface area contributed by atoms with E-state index in [0.717, 1.165) is 22.8 Å². The van der Waals surface area contributed by atoms with Crippen LogP contribution in [0.1, 0.15) is 5.56 Å². The van der Waals surface area contributed by atoms with Gasteiger partial charge in [-0.25, -0.2) is 0 Å². The Labute approximate surface area is 157 Å². The summed E-state index contributed by atoms with van der Waals surface area (Å²) in [6, 6.07) is 20.8. The van der Waals surface area contributed by atoms with Gasteiger partial charge in [0.1, 0.15) is 0 Å². The average molecular weight is 360 g/mol. The third kappa shape index (κ3) is 3.59. The fourth-order valence-electron chi connectivity index (χ4n) is 2.95. The second-order valence-corrected chi connectivity index (χ2v) is 7.06. The van der Waals surface area contributed by atoms with Gasteiger partial charge in [0.05, 0.1) is 5.52 Å². The van der Waals surface area contributed by atoms with Crippen molar-refractivity contribution in [1.29, 1.82) is 0 Å². The van der Waals surface area contributed by atoms with Crippen molar-refractivity contribution in [2.45, 2.75) is 11.4 Å². The Morgan fingerprint density at radius 2 is 1.88 bits per heavy atom. The number of nitrogens with one attached hydrogen (secondary N) is 2. The molecule has 5 heteroatoms. The van der Waals surface area contributed by atoms with Crippen LogP contribution >= 0.6 is 11.9 Å². The number of aromatic nitrogens is 2. The van der Waals surface area contributed by atoms with Crippen LogP contribution in [0.3, 0.4) is 0 Å². The van der Waals surface area contributed by atoms with E-state index in [4.69, 9.17) is 0 Å². The summed E-state index contributed by atoms with van der Waals surface area (Å²) < 4.78 is 2.22. The summed E-state index contributed by atoms with van der Waals surface area (Å²) in [5, 5.41) is 7.99. The molecule has 0 amide bonds. The molecule has 4 nitrogen and oxygen atoms in total. The number of hydrogen-bond donors (Lipinski definition) is 2. The quantitative estimate of drug-likeness (QED) is 0.505. The van der Waals surface area contributed by atoms with Gasteiger partial charge in [0.15, 0.2) is 0 Å². The van der Waals surface area contributed by atoms with E-state index in [0.29, 0.717) is 0 Å². The molecule has 0 radical (unpaired) electrons. The van der Waals surface area contributed by atoms with Crippen LogP contribution in [0, 0.1) is 0 Å². The topological polar surface area (TPSA) is 41.9 Å². The van der Waals surface area contributed by atoms with Crippen LogP contribution in [0.15, 0.2) is 84.1 Å². The molecule has 0 aliphatic carbocycles. The predicted molar refractivity (Wildman–Crippen MR) is 110 cm³/mol. The molecule has 2 heterocycles. The van der Waals surface area contributed by atoms with E-state index in [1.165, 1.54) is 16.5 Å². The number of fused-ring (bicyclic) bond motifs is 1. The maximum atomic E-state index is 4.22. The normalized spacial score (nSPS) is 11.0. The van der Waals surface area contributed by atoms with Crippen molar-refractivity contribution in [1.82, 2.24) is 14.3 Å². The first-order chi connectivity index (χ1) is 12.8. The lowest BCUT2D eigenvalue weighted by molar-refractivity contribution is 0.822. The third-order valence-corrected chi connectivity index (χ3v) is 5.07. The monoisotopic (exact) mass is 360 g/mol. The Balaban J connectivity index is 1.73. The molecule has 0 aliphatic rings. The number of nitrogens with zero attached hydrogens (tertiary/aromatic N) is 2. The molecular weight excluding hydrogens is 340 g/mol. The van der Waals surface area contributed by atoms with Crippen LogP contribution in [0.25, 0.3) is 10.9 Å². The van der Waals surface area contributed by atoms with Crippen molar-refractivity contribution in [3.05, 3.63) is 84.8 Å². The van der Waals surface area contributed by atoms with Crippen molar-refractivity contribution in [3.63, 3.8) is 0 Å². The highest BCUT2D eigenvalue weighted by Gasteiger charge is 2.10. The van der Waals surface area contributed by atoms with Gasteiger partial charge in [-0.3, -0.25) is 8.96 Å². The maximum Gasteiger partial charge on any atom is 0.0618 e. The molecule has 0 fully saturated rings. The molecule has 0 atom stereocenters. The van der Waals surface area contributed by atoms with Gasteiger partial charge in [-0.15, -0.1) is 0 Å². The lowest BCUT2D eigenvalue weighted by Gasteiger charge is -2.08. The lowest BCUT2D eigenvalue weighted by Crippen LogP contribution is -2.04. The van der Waals surface area contributed by atoms with Crippen molar-refractivity contribution in [2.24, 2.45) is 0 Å². The second-order valence-electron chi connectivity index (χ2n) is 6.01. The molecule has 4 aromatic rings. The maximum absolute atomic E-state index is 4.22. The van der Waals surface area contributed by atoms with Crippen molar-refractivity contribution < 1.29 is 0 Å². The van der Waals surface area contributed by atoms with Crippen molar-refractivity contribution in [3.8, 4) is 0 Å². The number of benzene rings is 2. The molecule has 130 valence electrons. The van der Waals surface area contributed by atoms with E-state index in [-0.39, 0.29) is 0 Å². The summed E-state index contributed by atoms with van der Waals surface area (Å²) in [6.07, 6.45) is 5.89. The summed E-state index contributed by atoms with van der Waals surface area (Å²) in [7, 11) is 1.97. The Bertz CT molecular complexity index is 997. The van der Waals surface area contributed by atoms with Crippen molar-refractivity contribution in [2.75, 3.05) is 12.4 Å². The standard InChI is InChI=1S/C21H20N4S/c1-22-13-16-15-25(26-19-8-5-11-23-14-19)21-12-18(9-10-20(16)21)24-17-6-3-2-4-7-17/h2-12,14-15,22,24H,13H2,1H3. The summed E-state index contributed by atoms with van der Waals surface area (Å²) in [4.78, 5) is 5.33. The van der Waals surface area contributed by atoms with E-state index in [1.54, 1.807) is 18.1 Å². The van der Waals surface area contributed by atoms with Crippen LogP contribution in [0.2, 0.25) is 0 Å². The Hall–Kier alpha value is -2.76. The third-order valence-electron chi connectivity index (χ3n) is 4.12. The van der Waals surface area contributed by atoms with Gasteiger partial charge < -0.3 is 10.6 Å². The highest BCUT2D eigenvalue weighted by atomic mass is 32.2. The van der Waals surface area contributed by atoms with Crippen LogP contribution in [-0.4, -0.2) is 16.0 Å².